The first kappa shape index (κ1) is 14.8. The molecule has 0 unspecified atom stereocenters. The van der Waals surface area contributed by atoms with Crippen LogP contribution in [0, 0.1) is 0 Å². The molecular weight excluding hydrogens is 310 g/mol. The van der Waals surface area contributed by atoms with E-state index in [1.807, 2.05) is 35.7 Å². The van der Waals surface area contributed by atoms with Crippen LogP contribution in [0.1, 0.15) is 5.56 Å². The van der Waals surface area contributed by atoms with E-state index < -0.39 is 0 Å². The molecular formula is C17H15N3S2. The number of thioether (sulfide) groups is 1. The van der Waals surface area contributed by atoms with Gasteiger partial charge in [-0.15, -0.1) is 23.1 Å². The van der Waals surface area contributed by atoms with Crippen molar-refractivity contribution in [3.8, 4) is 11.3 Å². The van der Waals surface area contributed by atoms with E-state index in [0.717, 1.165) is 22.0 Å². The summed E-state index contributed by atoms with van der Waals surface area (Å²) in [6, 6.07) is 18.4. The van der Waals surface area contributed by atoms with Gasteiger partial charge in [0.05, 0.1) is 11.9 Å². The van der Waals surface area contributed by atoms with E-state index in [0.29, 0.717) is 0 Å². The Morgan fingerprint density at radius 2 is 1.86 bits per heavy atom. The number of hydrazone groups is 1. The minimum absolute atomic E-state index is 0.788. The maximum atomic E-state index is 4.53. The number of hydrogen-bond acceptors (Lipinski definition) is 5. The fourth-order valence-electron chi connectivity index (χ4n) is 1.92. The zero-order valence-corrected chi connectivity index (χ0v) is 13.7. The van der Waals surface area contributed by atoms with Gasteiger partial charge >= 0.3 is 0 Å². The van der Waals surface area contributed by atoms with Crippen LogP contribution in [-0.2, 0) is 0 Å². The van der Waals surface area contributed by atoms with Crippen LogP contribution >= 0.6 is 23.1 Å². The molecule has 0 radical (unpaired) electrons. The maximum Gasteiger partial charge on any atom is 0.203 e. The van der Waals surface area contributed by atoms with Crippen molar-refractivity contribution in [2.24, 2.45) is 5.10 Å². The molecule has 3 nitrogen and oxygen atoms in total. The molecule has 5 heteroatoms. The molecule has 0 aliphatic heterocycles. The highest BCUT2D eigenvalue weighted by Gasteiger charge is 2.02. The number of anilines is 1. The van der Waals surface area contributed by atoms with Crippen molar-refractivity contribution in [1.29, 1.82) is 0 Å². The van der Waals surface area contributed by atoms with Gasteiger partial charge in [0.1, 0.15) is 0 Å². The van der Waals surface area contributed by atoms with Gasteiger partial charge < -0.3 is 0 Å². The number of hydrogen-bond donors (Lipinski definition) is 1. The van der Waals surface area contributed by atoms with Gasteiger partial charge in [0.25, 0.3) is 0 Å². The van der Waals surface area contributed by atoms with Crippen LogP contribution in [0.15, 0.2) is 70.0 Å². The second kappa shape index (κ2) is 7.24. The number of nitrogens with zero attached hydrogens (tertiary/aromatic N) is 2. The average molecular weight is 325 g/mol. The molecule has 22 heavy (non-hydrogen) atoms. The minimum atomic E-state index is 0.788. The molecule has 0 aliphatic carbocycles. The fraction of sp³-hybridized carbons (Fsp3) is 0.0588. The zero-order chi connectivity index (χ0) is 15.2. The zero-order valence-electron chi connectivity index (χ0n) is 12.1. The Kier molecular flexibility index (Phi) is 4.88. The SMILES string of the molecule is CSc1ccc(C=NNc2nc(-c3ccccc3)cs2)cc1. The largest absolute Gasteiger partial charge is 0.253 e. The molecule has 1 heterocycles. The normalized spacial score (nSPS) is 11.0. The first-order valence-corrected chi connectivity index (χ1v) is 8.90. The van der Waals surface area contributed by atoms with Gasteiger partial charge in [0.2, 0.25) is 5.13 Å². The molecule has 3 rings (SSSR count). The van der Waals surface area contributed by atoms with Crippen molar-refractivity contribution in [2.75, 3.05) is 11.7 Å². The van der Waals surface area contributed by atoms with Crippen molar-refractivity contribution in [2.45, 2.75) is 4.90 Å². The Bertz CT molecular complexity index is 749. The van der Waals surface area contributed by atoms with E-state index in [1.54, 1.807) is 29.3 Å². The van der Waals surface area contributed by atoms with Gasteiger partial charge in [-0.25, -0.2) is 4.98 Å². The quantitative estimate of drug-likeness (QED) is 0.408. The summed E-state index contributed by atoms with van der Waals surface area (Å²) >= 11 is 3.28. The molecule has 0 bridgehead atoms. The molecule has 0 fully saturated rings. The molecule has 1 N–H and O–H groups in total. The van der Waals surface area contributed by atoms with Gasteiger partial charge in [-0.2, -0.15) is 5.10 Å². The van der Waals surface area contributed by atoms with Gasteiger partial charge in [-0.3, -0.25) is 5.43 Å². The summed E-state index contributed by atoms with van der Waals surface area (Å²) in [4.78, 5) is 5.78. The smallest absolute Gasteiger partial charge is 0.203 e. The van der Waals surface area contributed by atoms with Gasteiger partial charge in [-0.1, -0.05) is 42.5 Å². The topological polar surface area (TPSA) is 37.3 Å². The molecule has 0 saturated carbocycles. The minimum Gasteiger partial charge on any atom is -0.253 e. The van der Waals surface area contributed by atoms with E-state index in [4.69, 9.17) is 0 Å². The maximum absolute atomic E-state index is 4.53. The predicted octanol–water partition coefficient (Wildman–Crippen LogP) is 4.98. The van der Waals surface area contributed by atoms with Crippen molar-refractivity contribution >= 4 is 34.4 Å². The monoisotopic (exact) mass is 325 g/mol. The third kappa shape index (κ3) is 3.75. The van der Waals surface area contributed by atoms with Gasteiger partial charge in [0, 0.05) is 15.8 Å². The lowest BCUT2D eigenvalue weighted by Crippen LogP contribution is -1.90. The third-order valence-electron chi connectivity index (χ3n) is 3.06. The number of rotatable bonds is 5. The summed E-state index contributed by atoms with van der Waals surface area (Å²) in [5, 5.41) is 7.06. The van der Waals surface area contributed by atoms with Crippen molar-refractivity contribution in [1.82, 2.24) is 4.98 Å². The second-order valence-electron chi connectivity index (χ2n) is 4.55. The summed E-state index contributed by atoms with van der Waals surface area (Å²) in [7, 11) is 0. The molecule has 1 aromatic heterocycles. The highest BCUT2D eigenvalue weighted by molar-refractivity contribution is 7.98. The summed E-state index contributed by atoms with van der Waals surface area (Å²) in [6.45, 7) is 0. The van der Waals surface area contributed by atoms with Crippen LogP contribution in [0.5, 0.6) is 0 Å². The van der Waals surface area contributed by atoms with E-state index in [9.17, 15) is 0 Å². The number of nitrogens with one attached hydrogen (secondary N) is 1. The summed E-state index contributed by atoms with van der Waals surface area (Å²) in [5.74, 6) is 0. The lowest BCUT2D eigenvalue weighted by atomic mass is 10.2. The van der Waals surface area contributed by atoms with E-state index in [-0.39, 0.29) is 0 Å². The van der Waals surface area contributed by atoms with Crippen molar-refractivity contribution in [3.63, 3.8) is 0 Å². The standard InChI is InChI=1S/C17H15N3S2/c1-21-15-9-7-13(8-10-15)11-18-20-17-19-16(12-22-17)14-5-3-2-4-6-14/h2-12H,1H3,(H,19,20). The molecule has 0 spiro atoms. The third-order valence-corrected chi connectivity index (χ3v) is 4.55. The first-order chi connectivity index (χ1) is 10.8. The van der Waals surface area contributed by atoms with E-state index >= 15 is 0 Å². The Balaban J connectivity index is 1.64. The highest BCUT2D eigenvalue weighted by atomic mass is 32.2. The van der Waals surface area contributed by atoms with Crippen LogP contribution in [0.3, 0.4) is 0 Å². The molecule has 0 atom stereocenters. The Labute approximate surface area is 138 Å². The number of thiazole rings is 1. The Morgan fingerprint density at radius 1 is 1.09 bits per heavy atom. The van der Waals surface area contributed by atoms with Gasteiger partial charge in [-0.05, 0) is 24.0 Å². The lowest BCUT2D eigenvalue weighted by molar-refractivity contribution is 1.29. The van der Waals surface area contributed by atoms with Gasteiger partial charge in [0.15, 0.2) is 0 Å². The van der Waals surface area contributed by atoms with Crippen molar-refractivity contribution in [3.05, 3.63) is 65.5 Å². The summed E-state index contributed by atoms with van der Waals surface area (Å²) in [6.07, 6.45) is 3.87. The van der Waals surface area contributed by atoms with Crippen LogP contribution in [0.4, 0.5) is 5.13 Å². The van der Waals surface area contributed by atoms with Crippen LogP contribution < -0.4 is 5.43 Å². The first-order valence-electron chi connectivity index (χ1n) is 6.79. The predicted molar refractivity (Wildman–Crippen MR) is 97.0 cm³/mol. The molecule has 0 saturated heterocycles. The van der Waals surface area contributed by atoms with Crippen molar-refractivity contribution < 1.29 is 0 Å². The molecule has 110 valence electrons. The fourth-order valence-corrected chi connectivity index (χ4v) is 3.00. The van der Waals surface area contributed by atoms with E-state index in [2.05, 4.69) is 46.0 Å². The summed E-state index contributed by atoms with van der Waals surface area (Å²) in [5.41, 5.74) is 6.12. The van der Waals surface area contributed by atoms with Crippen LogP contribution in [0.2, 0.25) is 0 Å². The van der Waals surface area contributed by atoms with E-state index in [1.165, 1.54) is 4.90 Å². The average Bonchev–Trinajstić information content (AvgIpc) is 3.05. The second-order valence-corrected chi connectivity index (χ2v) is 6.28. The summed E-state index contributed by atoms with van der Waals surface area (Å²) < 4.78 is 0. The highest BCUT2D eigenvalue weighted by Crippen LogP contribution is 2.24. The molecule has 0 aliphatic rings. The van der Waals surface area contributed by atoms with Crippen LogP contribution in [-0.4, -0.2) is 17.5 Å². The van der Waals surface area contributed by atoms with Crippen LogP contribution in [0.25, 0.3) is 11.3 Å². The Morgan fingerprint density at radius 3 is 2.59 bits per heavy atom. The number of benzene rings is 2. The molecule has 2 aromatic carbocycles. The Hall–Kier alpha value is -2.11. The number of aromatic nitrogens is 1. The lowest BCUT2D eigenvalue weighted by Gasteiger charge is -1.97. The molecule has 0 amide bonds. The molecule has 3 aromatic rings.